The summed E-state index contributed by atoms with van der Waals surface area (Å²) in [7, 11) is 1.49. The van der Waals surface area contributed by atoms with Crippen LogP contribution in [0.3, 0.4) is 0 Å². The highest BCUT2D eigenvalue weighted by Crippen LogP contribution is 2.22. The Labute approximate surface area is 116 Å². The molecule has 2 nitrogen and oxygen atoms in total. The van der Waals surface area contributed by atoms with Crippen LogP contribution >= 0.6 is 0 Å². The van der Waals surface area contributed by atoms with Crippen molar-refractivity contribution < 1.29 is 9.13 Å². The van der Waals surface area contributed by atoms with Gasteiger partial charge in [0.1, 0.15) is 0 Å². The first-order valence-corrected chi connectivity index (χ1v) is 6.99. The van der Waals surface area contributed by atoms with Gasteiger partial charge in [-0.2, -0.15) is 0 Å². The first kappa shape index (κ1) is 16.0. The number of halogens is 1. The fraction of sp³-hybridized carbons (Fsp3) is 0.625. The lowest BCUT2D eigenvalue weighted by Crippen LogP contribution is -2.32. The van der Waals surface area contributed by atoms with Gasteiger partial charge >= 0.3 is 0 Å². The van der Waals surface area contributed by atoms with Crippen molar-refractivity contribution >= 4 is 0 Å². The SMILES string of the molecule is COc1ccc(CC(CNC(C)C)C(C)C)cc1F. The second-order valence-electron chi connectivity index (χ2n) is 5.74. The number of hydrogen-bond donors (Lipinski definition) is 1. The molecule has 0 aliphatic carbocycles. The lowest BCUT2D eigenvalue weighted by molar-refractivity contribution is 0.347. The van der Waals surface area contributed by atoms with E-state index >= 15 is 0 Å². The number of hydrogen-bond acceptors (Lipinski definition) is 2. The van der Waals surface area contributed by atoms with E-state index in [0.29, 0.717) is 23.6 Å². The molecule has 0 aliphatic heterocycles. The van der Waals surface area contributed by atoms with Crippen molar-refractivity contribution in [3.05, 3.63) is 29.6 Å². The standard InChI is InChI=1S/C16H26FNO/c1-11(2)14(10-18-12(3)4)8-13-6-7-16(19-5)15(17)9-13/h6-7,9,11-12,14,18H,8,10H2,1-5H3. The smallest absolute Gasteiger partial charge is 0.165 e. The van der Waals surface area contributed by atoms with Crippen LogP contribution in [-0.2, 0) is 6.42 Å². The topological polar surface area (TPSA) is 21.3 Å². The van der Waals surface area contributed by atoms with E-state index < -0.39 is 0 Å². The Hall–Kier alpha value is -1.09. The molecule has 1 atom stereocenters. The molecule has 1 aromatic carbocycles. The minimum atomic E-state index is -0.278. The molecule has 0 fully saturated rings. The van der Waals surface area contributed by atoms with Crippen LogP contribution in [-0.4, -0.2) is 19.7 Å². The zero-order valence-corrected chi connectivity index (χ0v) is 12.7. The quantitative estimate of drug-likeness (QED) is 0.814. The van der Waals surface area contributed by atoms with Gasteiger partial charge in [-0.1, -0.05) is 33.8 Å². The molecule has 0 spiro atoms. The molecule has 0 aliphatic rings. The number of benzene rings is 1. The van der Waals surface area contributed by atoms with Gasteiger partial charge in [-0.25, -0.2) is 4.39 Å². The molecule has 0 aromatic heterocycles. The minimum absolute atomic E-state index is 0.278. The molecule has 0 amide bonds. The van der Waals surface area contributed by atoms with Crippen molar-refractivity contribution in [3.8, 4) is 5.75 Å². The summed E-state index contributed by atoms with van der Waals surface area (Å²) >= 11 is 0. The number of ether oxygens (including phenoxy) is 1. The van der Waals surface area contributed by atoms with E-state index in [-0.39, 0.29) is 5.82 Å². The predicted octanol–water partition coefficient (Wildman–Crippen LogP) is 3.65. The van der Waals surface area contributed by atoms with Crippen LogP contribution in [0, 0.1) is 17.7 Å². The van der Waals surface area contributed by atoms with Crippen molar-refractivity contribution in [2.24, 2.45) is 11.8 Å². The molecule has 108 valence electrons. The number of methoxy groups -OCH3 is 1. The van der Waals surface area contributed by atoms with E-state index in [1.54, 1.807) is 12.1 Å². The van der Waals surface area contributed by atoms with Crippen LogP contribution in [0.1, 0.15) is 33.3 Å². The molecule has 0 saturated heterocycles. The van der Waals surface area contributed by atoms with Gasteiger partial charge in [0, 0.05) is 6.04 Å². The molecule has 19 heavy (non-hydrogen) atoms. The van der Waals surface area contributed by atoms with Crippen molar-refractivity contribution in [2.45, 2.75) is 40.2 Å². The first-order chi connectivity index (χ1) is 8.93. The Morgan fingerprint density at radius 3 is 2.37 bits per heavy atom. The summed E-state index contributed by atoms with van der Waals surface area (Å²) in [5.41, 5.74) is 1.03. The van der Waals surface area contributed by atoms with Gasteiger partial charge in [0.15, 0.2) is 11.6 Å². The van der Waals surface area contributed by atoms with Crippen LogP contribution in [0.2, 0.25) is 0 Å². The molecule has 3 heteroatoms. The highest BCUT2D eigenvalue weighted by atomic mass is 19.1. The maximum Gasteiger partial charge on any atom is 0.165 e. The van der Waals surface area contributed by atoms with Crippen molar-refractivity contribution in [2.75, 3.05) is 13.7 Å². The largest absolute Gasteiger partial charge is 0.494 e. The van der Waals surface area contributed by atoms with Gasteiger partial charge in [0.05, 0.1) is 7.11 Å². The Balaban J connectivity index is 2.70. The first-order valence-electron chi connectivity index (χ1n) is 6.99. The van der Waals surface area contributed by atoms with E-state index in [0.717, 1.165) is 18.5 Å². The van der Waals surface area contributed by atoms with Crippen LogP contribution in [0.25, 0.3) is 0 Å². The zero-order valence-electron chi connectivity index (χ0n) is 12.7. The van der Waals surface area contributed by atoms with Crippen molar-refractivity contribution in [3.63, 3.8) is 0 Å². The lowest BCUT2D eigenvalue weighted by Gasteiger charge is -2.23. The Bertz CT molecular complexity index is 390. The average molecular weight is 267 g/mol. The average Bonchev–Trinajstić information content (AvgIpc) is 2.34. The second kappa shape index (κ2) is 7.49. The third kappa shape index (κ3) is 5.19. The van der Waals surface area contributed by atoms with Gasteiger partial charge in [-0.15, -0.1) is 0 Å². The molecule has 1 aromatic rings. The van der Waals surface area contributed by atoms with Gasteiger partial charge in [0.2, 0.25) is 0 Å². The summed E-state index contributed by atoms with van der Waals surface area (Å²) in [6.45, 7) is 9.68. The molecular formula is C16H26FNO. The molecule has 1 rings (SSSR count). The molecule has 0 saturated carbocycles. The molecular weight excluding hydrogens is 241 g/mol. The molecule has 0 radical (unpaired) electrons. The van der Waals surface area contributed by atoms with E-state index in [9.17, 15) is 4.39 Å². The van der Waals surface area contributed by atoms with Crippen molar-refractivity contribution in [1.29, 1.82) is 0 Å². The van der Waals surface area contributed by atoms with Gasteiger partial charge in [-0.05, 0) is 42.5 Å². The highest BCUT2D eigenvalue weighted by Gasteiger charge is 2.15. The number of rotatable bonds is 7. The second-order valence-corrected chi connectivity index (χ2v) is 5.74. The third-order valence-corrected chi connectivity index (χ3v) is 3.45. The highest BCUT2D eigenvalue weighted by molar-refractivity contribution is 5.29. The molecule has 0 heterocycles. The Morgan fingerprint density at radius 1 is 1.21 bits per heavy atom. The maximum atomic E-state index is 13.7. The Kier molecular flexibility index (Phi) is 6.29. The van der Waals surface area contributed by atoms with Gasteiger partial charge in [-0.3, -0.25) is 0 Å². The number of nitrogens with one attached hydrogen (secondary N) is 1. The summed E-state index contributed by atoms with van der Waals surface area (Å²) in [6, 6.07) is 5.72. The predicted molar refractivity (Wildman–Crippen MR) is 78.1 cm³/mol. The van der Waals surface area contributed by atoms with Crippen LogP contribution < -0.4 is 10.1 Å². The lowest BCUT2D eigenvalue weighted by atomic mass is 9.89. The van der Waals surface area contributed by atoms with Crippen LogP contribution in [0.5, 0.6) is 5.75 Å². The van der Waals surface area contributed by atoms with E-state index in [2.05, 4.69) is 33.0 Å². The summed E-state index contributed by atoms with van der Waals surface area (Å²) < 4.78 is 18.6. The monoisotopic (exact) mass is 267 g/mol. The van der Waals surface area contributed by atoms with Gasteiger partial charge < -0.3 is 10.1 Å². The van der Waals surface area contributed by atoms with Crippen molar-refractivity contribution in [1.82, 2.24) is 5.32 Å². The fourth-order valence-electron chi connectivity index (χ4n) is 2.07. The summed E-state index contributed by atoms with van der Waals surface area (Å²) in [5, 5.41) is 3.47. The molecule has 1 N–H and O–H groups in total. The van der Waals surface area contributed by atoms with E-state index in [4.69, 9.17) is 4.74 Å². The van der Waals surface area contributed by atoms with Crippen LogP contribution in [0.15, 0.2) is 18.2 Å². The fourth-order valence-corrected chi connectivity index (χ4v) is 2.07. The maximum absolute atomic E-state index is 13.7. The minimum Gasteiger partial charge on any atom is -0.494 e. The molecule has 0 bridgehead atoms. The summed E-state index contributed by atoms with van der Waals surface area (Å²) in [5.74, 6) is 1.11. The van der Waals surface area contributed by atoms with E-state index in [1.807, 2.05) is 6.07 Å². The van der Waals surface area contributed by atoms with E-state index in [1.165, 1.54) is 7.11 Å². The normalized spacial score (nSPS) is 13.1. The Morgan fingerprint density at radius 2 is 1.89 bits per heavy atom. The van der Waals surface area contributed by atoms with Crippen LogP contribution in [0.4, 0.5) is 4.39 Å². The zero-order chi connectivity index (χ0) is 14.4. The third-order valence-electron chi connectivity index (χ3n) is 3.45. The summed E-state index contributed by atoms with van der Waals surface area (Å²) in [6.07, 6.45) is 0.887. The summed E-state index contributed by atoms with van der Waals surface area (Å²) in [4.78, 5) is 0. The molecule has 1 unspecified atom stereocenters. The van der Waals surface area contributed by atoms with Gasteiger partial charge in [0.25, 0.3) is 0 Å².